The second-order valence-corrected chi connectivity index (χ2v) is 5.71. The zero-order valence-electron chi connectivity index (χ0n) is 10.3. The maximum absolute atomic E-state index is 5.71. The highest BCUT2D eigenvalue weighted by Crippen LogP contribution is 2.36. The van der Waals surface area contributed by atoms with Gasteiger partial charge >= 0.3 is 0 Å². The van der Waals surface area contributed by atoms with Gasteiger partial charge in [0.25, 0.3) is 0 Å². The van der Waals surface area contributed by atoms with Crippen LogP contribution in [0.3, 0.4) is 0 Å². The fraction of sp³-hybridized carbons (Fsp3) is 0.750. The Bertz CT molecular complexity index is 359. The summed E-state index contributed by atoms with van der Waals surface area (Å²) in [5.74, 6) is 6.54. The van der Waals surface area contributed by atoms with Crippen LogP contribution in [0.4, 0.5) is 0 Å². The molecule has 0 saturated heterocycles. The third kappa shape index (κ3) is 2.89. The van der Waals surface area contributed by atoms with Gasteiger partial charge in [-0.25, -0.2) is 0 Å². The lowest BCUT2D eigenvalue weighted by atomic mass is 9.80. The molecule has 1 saturated carbocycles. The Kier molecular flexibility index (Phi) is 4.59. The number of rotatable bonds is 6. The first-order chi connectivity index (χ1) is 8.26. The quantitative estimate of drug-likeness (QED) is 0.627. The van der Waals surface area contributed by atoms with Crippen molar-refractivity contribution in [3.05, 3.63) is 16.4 Å². The standard InChI is InChI=1S/C12H21BrN4/c1-2-6-17-12(10(13)8-15-17)11(16-14)7-9-4-3-5-9/h8-9,11,16H,2-7,14H2,1H3. The maximum atomic E-state index is 5.71. The Hall–Kier alpha value is -0.390. The Balaban J connectivity index is 2.12. The molecule has 96 valence electrons. The van der Waals surface area contributed by atoms with Crippen LogP contribution in [0.15, 0.2) is 10.7 Å². The number of halogens is 1. The Morgan fingerprint density at radius 2 is 2.41 bits per heavy atom. The largest absolute Gasteiger partial charge is 0.271 e. The monoisotopic (exact) mass is 300 g/mol. The molecule has 1 aliphatic rings. The Labute approximate surface area is 111 Å². The first kappa shape index (κ1) is 13.1. The van der Waals surface area contributed by atoms with Crippen LogP contribution in [0.1, 0.15) is 50.8 Å². The molecule has 0 bridgehead atoms. The van der Waals surface area contributed by atoms with E-state index in [9.17, 15) is 0 Å². The molecule has 1 unspecified atom stereocenters. The Morgan fingerprint density at radius 1 is 1.65 bits per heavy atom. The zero-order valence-corrected chi connectivity index (χ0v) is 11.9. The van der Waals surface area contributed by atoms with Crippen molar-refractivity contribution in [3.8, 4) is 0 Å². The van der Waals surface area contributed by atoms with Crippen molar-refractivity contribution in [2.24, 2.45) is 11.8 Å². The van der Waals surface area contributed by atoms with E-state index in [0.717, 1.165) is 29.8 Å². The molecule has 0 spiro atoms. The van der Waals surface area contributed by atoms with Crippen molar-refractivity contribution in [3.63, 3.8) is 0 Å². The molecule has 5 heteroatoms. The molecule has 1 aliphatic carbocycles. The van der Waals surface area contributed by atoms with Gasteiger partial charge in [-0.2, -0.15) is 5.10 Å². The lowest BCUT2D eigenvalue weighted by Gasteiger charge is -2.29. The van der Waals surface area contributed by atoms with Gasteiger partial charge in [0.2, 0.25) is 0 Å². The lowest BCUT2D eigenvalue weighted by Crippen LogP contribution is -2.33. The van der Waals surface area contributed by atoms with Gasteiger partial charge in [0.05, 0.1) is 22.4 Å². The van der Waals surface area contributed by atoms with Gasteiger partial charge in [0.15, 0.2) is 0 Å². The molecule has 4 nitrogen and oxygen atoms in total. The average molecular weight is 301 g/mol. The van der Waals surface area contributed by atoms with E-state index in [-0.39, 0.29) is 6.04 Å². The Morgan fingerprint density at radius 3 is 2.94 bits per heavy atom. The number of nitrogens with one attached hydrogen (secondary N) is 1. The number of nitrogens with two attached hydrogens (primary N) is 1. The minimum atomic E-state index is 0.212. The zero-order chi connectivity index (χ0) is 12.3. The van der Waals surface area contributed by atoms with Crippen LogP contribution in [-0.4, -0.2) is 9.78 Å². The van der Waals surface area contributed by atoms with E-state index in [4.69, 9.17) is 5.84 Å². The molecular weight excluding hydrogens is 280 g/mol. The molecule has 1 atom stereocenters. The molecule has 0 amide bonds. The number of hydrazine groups is 1. The summed E-state index contributed by atoms with van der Waals surface area (Å²) in [5.41, 5.74) is 4.15. The molecule has 1 aromatic heterocycles. The topological polar surface area (TPSA) is 55.9 Å². The SMILES string of the molecule is CCCn1ncc(Br)c1C(CC1CCC1)NN. The normalized spacial score (nSPS) is 18.1. The maximum Gasteiger partial charge on any atom is 0.0709 e. The van der Waals surface area contributed by atoms with Gasteiger partial charge in [0.1, 0.15) is 0 Å². The number of nitrogens with zero attached hydrogens (tertiary/aromatic N) is 2. The summed E-state index contributed by atoms with van der Waals surface area (Å²) in [7, 11) is 0. The molecule has 0 aliphatic heterocycles. The van der Waals surface area contributed by atoms with E-state index >= 15 is 0 Å². The van der Waals surface area contributed by atoms with Gasteiger partial charge in [-0.15, -0.1) is 0 Å². The van der Waals surface area contributed by atoms with Crippen molar-refractivity contribution >= 4 is 15.9 Å². The number of aryl methyl sites for hydroxylation is 1. The van der Waals surface area contributed by atoms with Crippen molar-refractivity contribution in [2.75, 3.05) is 0 Å². The fourth-order valence-electron chi connectivity index (χ4n) is 2.43. The summed E-state index contributed by atoms with van der Waals surface area (Å²) in [6, 6.07) is 0.212. The number of aromatic nitrogens is 2. The summed E-state index contributed by atoms with van der Waals surface area (Å²) >= 11 is 3.58. The predicted octanol–water partition coefficient (Wildman–Crippen LogP) is 2.75. The summed E-state index contributed by atoms with van der Waals surface area (Å²) in [5, 5.41) is 4.40. The van der Waals surface area contributed by atoms with Crippen molar-refractivity contribution < 1.29 is 0 Å². The van der Waals surface area contributed by atoms with Crippen LogP contribution >= 0.6 is 15.9 Å². The molecule has 17 heavy (non-hydrogen) atoms. The van der Waals surface area contributed by atoms with Crippen molar-refractivity contribution in [1.29, 1.82) is 0 Å². The summed E-state index contributed by atoms with van der Waals surface area (Å²) in [4.78, 5) is 0. The molecule has 0 radical (unpaired) electrons. The highest BCUT2D eigenvalue weighted by molar-refractivity contribution is 9.10. The van der Waals surface area contributed by atoms with Crippen LogP contribution in [0.2, 0.25) is 0 Å². The van der Waals surface area contributed by atoms with Gasteiger partial charge in [-0.3, -0.25) is 16.0 Å². The fourth-order valence-corrected chi connectivity index (χ4v) is 3.00. The minimum absolute atomic E-state index is 0.212. The van der Waals surface area contributed by atoms with E-state index in [2.05, 4.69) is 38.1 Å². The van der Waals surface area contributed by atoms with E-state index in [1.807, 2.05) is 6.20 Å². The molecule has 2 rings (SSSR count). The number of hydrogen-bond acceptors (Lipinski definition) is 3. The van der Waals surface area contributed by atoms with Crippen LogP contribution in [0.25, 0.3) is 0 Å². The minimum Gasteiger partial charge on any atom is -0.271 e. The van der Waals surface area contributed by atoms with Gasteiger partial charge in [0, 0.05) is 6.54 Å². The third-order valence-electron chi connectivity index (χ3n) is 3.59. The second kappa shape index (κ2) is 5.98. The van der Waals surface area contributed by atoms with E-state index in [1.165, 1.54) is 25.0 Å². The number of hydrogen-bond donors (Lipinski definition) is 2. The summed E-state index contributed by atoms with van der Waals surface area (Å²) < 4.78 is 3.13. The molecular formula is C12H21BrN4. The van der Waals surface area contributed by atoms with E-state index in [1.54, 1.807) is 0 Å². The van der Waals surface area contributed by atoms with Crippen molar-refractivity contribution in [1.82, 2.24) is 15.2 Å². The molecule has 3 N–H and O–H groups in total. The molecule has 1 fully saturated rings. The van der Waals surface area contributed by atoms with E-state index in [0.29, 0.717) is 0 Å². The first-order valence-electron chi connectivity index (χ1n) is 6.43. The molecule has 1 heterocycles. The highest BCUT2D eigenvalue weighted by Gasteiger charge is 2.26. The van der Waals surface area contributed by atoms with E-state index < -0.39 is 0 Å². The van der Waals surface area contributed by atoms with Crippen LogP contribution < -0.4 is 11.3 Å². The first-order valence-corrected chi connectivity index (χ1v) is 7.22. The van der Waals surface area contributed by atoms with Gasteiger partial charge in [-0.1, -0.05) is 26.2 Å². The van der Waals surface area contributed by atoms with Crippen LogP contribution in [0, 0.1) is 5.92 Å². The average Bonchev–Trinajstić information content (AvgIpc) is 2.61. The summed E-state index contributed by atoms with van der Waals surface area (Å²) in [6.45, 7) is 3.11. The lowest BCUT2D eigenvalue weighted by molar-refractivity contribution is 0.256. The van der Waals surface area contributed by atoms with Crippen molar-refractivity contribution in [2.45, 2.75) is 51.6 Å². The smallest absolute Gasteiger partial charge is 0.0709 e. The summed E-state index contributed by atoms with van der Waals surface area (Å²) in [6.07, 6.45) is 8.13. The van der Waals surface area contributed by atoms with Crippen LogP contribution in [-0.2, 0) is 6.54 Å². The second-order valence-electron chi connectivity index (χ2n) is 4.85. The highest BCUT2D eigenvalue weighted by atomic mass is 79.9. The van der Waals surface area contributed by atoms with Crippen LogP contribution in [0.5, 0.6) is 0 Å². The molecule has 1 aromatic rings. The van der Waals surface area contributed by atoms with Gasteiger partial charge in [-0.05, 0) is 34.7 Å². The molecule has 0 aromatic carbocycles. The van der Waals surface area contributed by atoms with Gasteiger partial charge < -0.3 is 0 Å². The third-order valence-corrected chi connectivity index (χ3v) is 4.20. The predicted molar refractivity (Wildman–Crippen MR) is 72.2 cm³/mol.